The third kappa shape index (κ3) is 5.70. The van der Waals surface area contributed by atoms with Gasteiger partial charge in [-0.25, -0.2) is 13.2 Å². The topological polar surface area (TPSA) is 125 Å². The second kappa shape index (κ2) is 10.3. The SMILES string of the molecule is Cc1ccc(NS(=O)(=O)c2ccc(C(=O)OCC(=O)Nc3sc4c(c3C#N)CCCC4)cc2)cc1. The smallest absolute Gasteiger partial charge is 0.338 e. The maximum Gasteiger partial charge on any atom is 0.338 e. The van der Waals surface area contributed by atoms with Gasteiger partial charge in [-0.2, -0.15) is 5.26 Å². The summed E-state index contributed by atoms with van der Waals surface area (Å²) in [5.41, 5.74) is 3.03. The van der Waals surface area contributed by atoms with Crippen molar-refractivity contribution in [2.24, 2.45) is 0 Å². The van der Waals surface area contributed by atoms with Gasteiger partial charge in [-0.15, -0.1) is 11.3 Å². The van der Waals surface area contributed by atoms with Crippen molar-refractivity contribution in [3.05, 3.63) is 75.7 Å². The third-order valence-electron chi connectivity index (χ3n) is 5.57. The fraction of sp³-hybridized carbons (Fsp3) is 0.240. The van der Waals surface area contributed by atoms with Crippen molar-refractivity contribution in [3.8, 4) is 6.07 Å². The number of hydrogen-bond donors (Lipinski definition) is 2. The summed E-state index contributed by atoms with van der Waals surface area (Å²) in [6, 6.07) is 14.3. The number of carbonyl (C=O) groups excluding carboxylic acids is 2. The maximum absolute atomic E-state index is 12.6. The molecule has 1 aromatic heterocycles. The number of fused-ring (bicyclic) bond motifs is 1. The van der Waals surface area contributed by atoms with Gasteiger partial charge in [-0.1, -0.05) is 17.7 Å². The molecule has 0 spiro atoms. The van der Waals surface area contributed by atoms with E-state index in [-0.39, 0.29) is 10.5 Å². The Labute approximate surface area is 207 Å². The average Bonchev–Trinajstić information content (AvgIpc) is 3.20. The standard InChI is InChI=1S/C25H23N3O5S2/c1-16-6-10-18(11-7-16)28-35(31,32)19-12-8-17(9-13-19)25(30)33-15-23(29)27-24-21(14-26)20-4-2-3-5-22(20)34-24/h6-13,28H,2-5,15H2,1H3,(H,27,29). The van der Waals surface area contributed by atoms with Gasteiger partial charge in [0.25, 0.3) is 15.9 Å². The van der Waals surface area contributed by atoms with Gasteiger partial charge in [0.2, 0.25) is 0 Å². The van der Waals surface area contributed by atoms with Gasteiger partial charge in [0.15, 0.2) is 6.61 Å². The van der Waals surface area contributed by atoms with Crippen molar-refractivity contribution in [2.45, 2.75) is 37.5 Å². The molecule has 1 aliphatic rings. The minimum absolute atomic E-state index is 0.0157. The summed E-state index contributed by atoms with van der Waals surface area (Å²) >= 11 is 1.39. The monoisotopic (exact) mass is 509 g/mol. The number of amides is 1. The van der Waals surface area contributed by atoms with E-state index in [0.717, 1.165) is 41.7 Å². The van der Waals surface area contributed by atoms with Crippen LogP contribution in [0.3, 0.4) is 0 Å². The predicted octanol–water partition coefficient (Wildman–Crippen LogP) is 4.40. The van der Waals surface area contributed by atoms with Crippen LogP contribution < -0.4 is 10.0 Å². The predicted molar refractivity (Wildman–Crippen MR) is 133 cm³/mol. The zero-order chi connectivity index (χ0) is 25.0. The van der Waals surface area contributed by atoms with Crippen LogP contribution in [0.4, 0.5) is 10.7 Å². The fourth-order valence-electron chi connectivity index (χ4n) is 3.76. The molecule has 1 aliphatic carbocycles. The normalized spacial score (nSPS) is 12.8. The summed E-state index contributed by atoms with van der Waals surface area (Å²) in [7, 11) is -3.83. The van der Waals surface area contributed by atoms with E-state index in [2.05, 4.69) is 16.1 Å². The number of benzene rings is 2. The fourth-order valence-corrected chi connectivity index (χ4v) is 6.07. The summed E-state index contributed by atoms with van der Waals surface area (Å²) in [4.78, 5) is 25.8. The molecule has 0 saturated heterocycles. The number of anilines is 2. The second-order valence-electron chi connectivity index (χ2n) is 8.15. The lowest BCUT2D eigenvalue weighted by Crippen LogP contribution is -2.21. The van der Waals surface area contributed by atoms with Crippen molar-refractivity contribution >= 4 is 43.9 Å². The Kier molecular flexibility index (Phi) is 7.19. The quantitative estimate of drug-likeness (QED) is 0.455. The van der Waals surface area contributed by atoms with Gasteiger partial charge >= 0.3 is 5.97 Å². The van der Waals surface area contributed by atoms with Gasteiger partial charge in [-0.3, -0.25) is 9.52 Å². The molecule has 2 aromatic carbocycles. The number of carbonyl (C=O) groups is 2. The highest BCUT2D eigenvalue weighted by atomic mass is 32.2. The molecule has 0 radical (unpaired) electrons. The molecular formula is C25H23N3O5S2. The van der Waals surface area contributed by atoms with E-state index in [9.17, 15) is 23.3 Å². The number of nitriles is 1. The number of sulfonamides is 1. The lowest BCUT2D eigenvalue weighted by Gasteiger charge is -2.09. The zero-order valence-electron chi connectivity index (χ0n) is 19.0. The van der Waals surface area contributed by atoms with Crippen molar-refractivity contribution < 1.29 is 22.7 Å². The van der Waals surface area contributed by atoms with Crippen LogP contribution in [0.25, 0.3) is 0 Å². The molecule has 0 fully saturated rings. The summed E-state index contributed by atoms with van der Waals surface area (Å²) in [6.07, 6.45) is 3.80. The van der Waals surface area contributed by atoms with E-state index in [1.807, 2.05) is 6.92 Å². The number of esters is 1. The van der Waals surface area contributed by atoms with Crippen LogP contribution in [0.15, 0.2) is 53.4 Å². The lowest BCUT2D eigenvalue weighted by atomic mass is 9.96. The molecule has 0 bridgehead atoms. The van der Waals surface area contributed by atoms with Crippen LogP contribution in [0, 0.1) is 18.3 Å². The number of nitrogens with one attached hydrogen (secondary N) is 2. The average molecular weight is 510 g/mol. The number of thiophene rings is 1. The highest BCUT2D eigenvalue weighted by Gasteiger charge is 2.22. The van der Waals surface area contributed by atoms with E-state index in [4.69, 9.17) is 4.74 Å². The zero-order valence-corrected chi connectivity index (χ0v) is 20.6. The molecule has 4 rings (SSSR count). The Morgan fingerprint density at radius 2 is 1.74 bits per heavy atom. The Balaban J connectivity index is 1.35. The Bertz CT molecular complexity index is 1400. The lowest BCUT2D eigenvalue weighted by molar-refractivity contribution is -0.119. The van der Waals surface area contributed by atoms with Crippen molar-refractivity contribution in [3.63, 3.8) is 0 Å². The van der Waals surface area contributed by atoms with E-state index in [1.54, 1.807) is 24.3 Å². The molecule has 10 heteroatoms. The Morgan fingerprint density at radius 1 is 1.06 bits per heavy atom. The van der Waals surface area contributed by atoms with E-state index in [1.165, 1.54) is 35.6 Å². The van der Waals surface area contributed by atoms with Crippen LogP contribution in [0.5, 0.6) is 0 Å². The summed E-state index contributed by atoms with van der Waals surface area (Å²) in [5, 5.41) is 12.6. The van der Waals surface area contributed by atoms with Gasteiger partial charge in [-0.05, 0) is 74.6 Å². The molecule has 180 valence electrons. The number of nitrogens with zero attached hydrogens (tertiary/aromatic N) is 1. The van der Waals surface area contributed by atoms with Gasteiger partial charge in [0.05, 0.1) is 16.0 Å². The minimum Gasteiger partial charge on any atom is -0.452 e. The third-order valence-corrected chi connectivity index (χ3v) is 8.18. The van der Waals surface area contributed by atoms with Crippen LogP contribution in [-0.2, 0) is 32.4 Å². The molecule has 1 amide bonds. The first-order valence-electron chi connectivity index (χ1n) is 11.0. The number of rotatable bonds is 7. The number of hydrogen-bond acceptors (Lipinski definition) is 7. The molecule has 3 aromatic rings. The molecule has 0 saturated carbocycles. The minimum atomic E-state index is -3.83. The summed E-state index contributed by atoms with van der Waals surface area (Å²) < 4.78 is 32.7. The molecule has 1 heterocycles. The van der Waals surface area contributed by atoms with Crippen LogP contribution in [0.2, 0.25) is 0 Å². The molecule has 8 nitrogen and oxygen atoms in total. The van der Waals surface area contributed by atoms with Crippen LogP contribution >= 0.6 is 11.3 Å². The van der Waals surface area contributed by atoms with Crippen molar-refractivity contribution in [1.29, 1.82) is 5.26 Å². The molecule has 2 N–H and O–H groups in total. The van der Waals surface area contributed by atoms with E-state index < -0.39 is 28.5 Å². The maximum atomic E-state index is 12.6. The van der Waals surface area contributed by atoms with Gasteiger partial charge in [0, 0.05) is 10.6 Å². The van der Waals surface area contributed by atoms with Crippen molar-refractivity contribution in [1.82, 2.24) is 0 Å². The Hall–Kier alpha value is -3.68. The molecule has 35 heavy (non-hydrogen) atoms. The first-order chi connectivity index (χ1) is 16.8. The van der Waals surface area contributed by atoms with E-state index in [0.29, 0.717) is 16.3 Å². The first-order valence-corrected chi connectivity index (χ1v) is 13.3. The first kappa shape index (κ1) is 24.4. The summed E-state index contributed by atoms with van der Waals surface area (Å²) in [6.45, 7) is 1.37. The van der Waals surface area contributed by atoms with E-state index >= 15 is 0 Å². The van der Waals surface area contributed by atoms with Crippen LogP contribution in [0.1, 0.15) is 44.8 Å². The number of ether oxygens (including phenoxy) is 1. The number of aryl methyl sites for hydroxylation is 2. The second-order valence-corrected chi connectivity index (χ2v) is 10.9. The highest BCUT2D eigenvalue weighted by Crippen LogP contribution is 2.37. The Morgan fingerprint density at radius 3 is 2.43 bits per heavy atom. The van der Waals surface area contributed by atoms with Crippen LogP contribution in [-0.4, -0.2) is 26.9 Å². The largest absolute Gasteiger partial charge is 0.452 e. The molecule has 0 unspecified atom stereocenters. The molecule has 0 atom stereocenters. The van der Waals surface area contributed by atoms with Crippen molar-refractivity contribution in [2.75, 3.05) is 16.6 Å². The highest BCUT2D eigenvalue weighted by molar-refractivity contribution is 7.92. The molecular weight excluding hydrogens is 486 g/mol. The molecule has 0 aliphatic heterocycles. The van der Waals surface area contributed by atoms with Gasteiger partial charge < -0.3 is 10.1 Å². The summed E-state index contributed by atoms with van der Waals surface area (Å²) in [5.74, 6) is -1.31. The van der Waals surface area contributed by atoms with Gasteiger partial charge in [0.1, 0.15) is 11.1 Å².